The van der Waals surface area contributed by atoms with Crippen LogP contribution < -0.4 is 14.5 Å². The molecule has 32 heavy (non-hydrogen) atoms. The minimum absolute atomic E-state index is 0.0637. The molecule has 0 saturated carbocycles. The molecule has 1 aromatic heterocycles. The molecule has 0 spiro atoms. The van der Waals surface area contributed by atoms with Crippen molar-refractivity contribution in [3.63, 3.8) is 0 Å². The van der Waals surface area contributed by atoms with Gasteiger partial charge in [-0.1, -0.05) is 47.6 Å². The van der Waals surface area contributed by atoms with Crippen molar-refractivity contribution in [3.05, 3.63) is 60.8 Å². The van der Waals surface area contributed by atoms with Crippen molar-refractivity contribution in [1.82, 2.24) is 14.9 Å². The SMILES string of the molecule is C=CCN(CC=C)c1cc(Cl)nc(SCC(=O)N2CCN(c3ccccc3OC)CC2)n1. The van der Waals surface area contributed by atoms with Crippen molar-refractivity contribution < 1.29 is 9.53 Å². The average molecular weight is 474 g/mol. The van der Waals surface area contributed by atoms with E-state index in [1.807, 2.05) is 34.1 Å². The number of amides is 1. The summed E-state index contributed by atoms with van der Waals surface area (Å²) in [5.41, 5.74) is 1.06. The first kappa shape index (κ1) is 23.9. The molecule has 0 aliphatic carbocycles. The van der Waals surface area contributed by atoms with E-state index >= 15 is 0 Å². The van der Waals surface area contributed by atoms with E-state index in [1.165, 1.54) is 11.8 Å². The van der Waals surface area contributed by atoms with Gasteiger partial charge in [0.1, 0.15) is 16.7 Å². The Hall–Kier alpha value is -2.71. The van der Waals surface area contributed by atoms with E-state index in [1.54, 1.807) is 25.3 Å². The van der Waals surface area contributed by atoms with Gasteiger partial charge >= 0.3 is 0 Å². The lowest BCUT2D eigenvalue weighted by Crippen LogP contribution is -2.49. The molecule has 170 valence electrons. The zero-order chi connectivity index (χ0) is 22.9. The Morgan fingerprint density at radius 1 is 1.19 bits per heavy atom. The van der Waals surface area contributed by atoms with Crippen LogP contribution in [0.25, 0.3) is 0 Å². The summed E-state index contributed by atoms with van der Waals surface area (Å²) >= 11 is 7.50. The summed E-state index contributed by atoms with van der Waals surface area (Å²) in [4.78, 5) is 27.7. The molecule has 9 heteroatoms. The van der Waals surface area contributed by atoms with Crippen LogP contribution in [0.4, 0.5) is 11.5 Å². The van der Waals surface area contributed by atoms with Gasteiger partial charge in [-0.2, -0.15) is 0 Å². The quantitative estimate of drug-likeness (QED) is 0.225. The number of ether oxygens (including phenoxy) is 1. The van der Waals surface area contributed by atoms with Crippen LogP contribution in [0.1, 0.15) is 0 Å². The third kappa shape index (κ3) is 6.17. The van der Waals surface area contributed by atoms with Crippen LogP contribution in [0, 0.1) is 0 Å². The molecule has 2 heterocycles. The van der Waals surface area contributed by atoms with Crippen LogP contribution >= 0.6 is 23.4 Å². The summed E-state index contributed by atoms with van der Waals surface area (Å²) in [5, 5.41) is 0.820. The largest absolute Gasteiger partial charge is 0.495 e. The highest BCUT2D eigenvalue weighted by molar-refractivity contribution is 7.99. The molecular weight excluding hydrogens is 446 g/mol. The lowest BCUT2D eigenvalue weighted by molar-refractivity contribution is -0.128. The van der Waals surface area contributed by atoms with Crippen LogP contribution in [0.2, 0.25) is 5.15 Å². The van der Waals surface area contributed by atoms with Gasteiger partial charge < -0.3 is 19.4 Å². The molecule has 0 bridgehead atoms. The molecule has 1 fully saturated rings. The number of halogens is 1. The molecule has 1 saturated heterocycles. The highest BCUT2D eigenvalue weighted by atomic mass is 35.5. The van der Waals surface area contributed by atoms with E-state index in [0.29, 0.717) is 42.3 Å². The van der Waals surface area contributed by atoms with Crippen molar-refractivity contribution in [2.24, 2.45) is 0 Å². The molecule has 0 N–H and O–H groups in total. The first-order valence-corrected chi connectivity index (χ1v) is 11.7. The second-order valence-corrected chi connectivity index (χ2v) is 8.47. The van der Waals surface area contributed by atoms with Crippen molar-refractivity contribution in [2.45, 2.75) is 5.16 Å². The number of aromatic nitrogens is 2. The van der Waals surface area contributed by atoms with Gasteiger partial charge in [-0.15, -0.1) is 13.2 Å². The summed E-state index contributed by atoms with van der Waals surface area (Å²) in [5.74, 6) is 1.86. The Kier molecular flexibility index (Phi) is 8.81. The minimum atomic E-state index is 0.0637. The Bertz CT molecular complexity index is 940. The number of para-hydroxylation sites is 2. The summed E-state index contributed by atoms with van der Waals surface area (Å²) < 4.78 is 5.46. The highest BCUT2D eigenvalue weighted by Crippen LogP contribution is 2.28. The fourth-order valence-electron chi connectivity index (χ4n) is 3.49. The van der Waals surface area contributed by atoms with Gasteiger partial charge in [0.05, 0.1) is 18.6 Å². The van der Waals surface area contributed by atoms with E-state index in [4.69, 9.17) is 16.3 Å². The van der Waals surface area contributed by atoms with Gasteiger partial charge in [0.2, 0.25) is 5.91 Å². The van der Waals surface area contributed by atoms with Gasteiger partial charge in [0.25, 0.3) is 0 Å². The third-order valence-electron chi connectivity index (χ3n) is 5.07. The number of nitrogens with zero attached hydrogens (tertiary/aromatic N) is 5. The molecule has 1 aliphatic heterocycles. The monoisotopic (exact) mass is 473 g/mol. The maximum atomic E-state index is 12.8. The number of anilines is 2. The molecule has 2 aromatic rings. The van der Waals surface area contributed by atoms with Gasteiger partial charge in [-0.25, -0.2) is 9.97 Å². The number of benzene rings is 1. The van der Waals surface area contributed by atoms with Crippen LogP contribution in [-0.2, 0) is 4.79 Å². The molecule has 1 aromatic carbocycles. The number of carbonyl (C=O) groups is 1. The van der Waals surface area contributed by atoms with Gasteiger partial charge in [0, 0.05) is 45.3 Å². The van der Waals surface area contributed by atoms with Crippen molar-refractivity contribution >= 4 is 40.8 Å². The molecule has 0 radical (unpaired) electrons. The summed E-state index contributed by atoms with van der Waals surface area (Å²) in [7, 11) is 1.67. The Morgan fingerprint density at radius 3 is 2.53 bits per heavy atom. The number of methoxy groups -OCH3 is 1. The Balaban J connectivity index is 1.57. The molecule has 7 nitrogen and oxygen atoms in total. The van der Waals surface area contributed by atoms with Crippen LogP contribution in [-0.4, -0.2) is 72.9 Å². The zero-order valence-corrected chi connectivity index (χ0v) is 19.8. The topological polar surface area (TPSA) is 61.8 Å². The number of hydrogen-bond acceptors (Lipinski definition) is 7. The number of hydrogen-bond donors (Lipinski definition) is 0. The molecule has 0 unspecified atom stereocenters. The van der Waals surface area contributed by atoms with Crippen LogP contribution in [0.3, 0.4) is 0 Å². The Labute approximate surface area is 198 Å². The average Bonchev–Trinajstić information content (AvgIpc) is 2.82. The number of rotatable bonds is 10. The summed E-state index contributed by atoms with van der Waals surface area (Å²) in [6.07, 6.45) is 3.58. The van der Waals surface area contributed by atoms with Crippen molar-refractivity contribution in [1.29, 1.82) is 0 Å². The third-order valence-corrected chi connectivity index (χ3v) is 6.09. The highest BCUT2D eigenvalue weighted by Gasteiger charge is 2.23. The van der Waals surface area contributed by atoms with E-state index in [9.17, 15) is 4.79 Å². The van der Waals surface area contributed by atoms with E-state index in [2.05, 4.69) is 28.0 Å². The molecule has 1 aliphatic rings. The predicted molar refractivity (Wildman–Crippen MR) is 132 cm³/mol. The second kappa shape index (κ2) is 11.8. The van der Waals surface area contributed by atoms with E-state index < -0.39 is 0 Å². The number of thioether (sulfide) groups is 1. The first-order chi connectivity index (χ1) is 15.5. The Morgan fingerprint density at radius 2 is 1.88 bits per heavy atom. The van der Waals surface area contributed by atoms with E-state index in [-0.39, 0.29) is 11.7 Å². The van der Waals surface area contributed by atoms with Crippen LogP contribution in [0.15, 0.2) is 60.8 Å². The zero-order valence-electron chi connectivity index (χ0n) is 18.2. The van der Waals surface area contributed by atoms with Crippen molar-refractivity contribution in [2.75, 3.05) is 61.9 Å². The lowest BCUT2D eigenvalue weighted by Gasteiger charge is -2.36. The van der Waals surface area contributed by atoms with Crippen molar-refractivity contribution in [3.8, 4) is 5.75 Å². The summed E-state index contributed by atoms with van der Waals surface area (Å²) in [6, 6.07) is 9.65. The normalized spacial score (nSPS) is 13.6. The molecular formula is C23H28ClN5O2S. The van der Waals surface area contributed by atoms with Gasteiger partial charge in [-0.05, 0) is 12.1 Å². The maximum absolute atomic E-state index is 12.8. The predicted octanol–water partition coefficient (Wildman–Crippen LogP) is 3.76. The fraction of sp³-hybridized carbons (Fsp3) is 0.348. The second-order valence-electron chi connectivity index (χ2n) is 7.14. The van der Waals surface area contributed by atoms with Gasteiger partial charge in [-0.3, -0.25) is 4.79 Å². The first-order valence-electron chi connectivity index (χ1n) is 10.4. The maximum Gasteiger partial charge on any atom is 0.233 e. The fourth-order valence-corrected chi connectivity index (χ4v) is 4.47. The molecule has 3 rings (SSSR count). The van der Waals surface area contributed by atoms with Gasteiger partial charge in [0.15, 0.2) is 5.16 Å². The van der Waals surface area contributed by atoms with E-state index in [0.717, 1.165) is 24.5 Å². The number of piperazine rings is 1. The lowest BCUT2D eigenvalue weighted by atomic mass is 10.2. The molecule has 0 atom stereocenters. The molecule has 1 amide bonds. The minimum Gasteiger partial charge on any atom is -0.495 e. The smallest absolute Gasteiger partial charge is 0.233 e. The standard InChI is InChI=1S/C23H28ClN5O2S/c1-4-10-28(11-5-2)21-16-20(24)25-23(26-21)32-17-22(30)29-14-12-27(13-15-29)18-8-6-7-9-19(18)31-3/h4-9,16H,1-2,10-15,17H2,3H3. The van der Waals surface area contributed by atoms with Crippen LogP contribution in [0.5, 0.6) is 5.75 Å². The number of carbonyl (C=O) groups excluding carboxylic acids is 1. The summed E-state index contributed by atoms with van der Waals surface area (Å²) in [6.45, 7) is 11.6.